The first-order chi connectivity index (χ1) is 8.99. The van der Waals surface area contributed by atoms with E-state index in [9.17, 15) is 4.39 Å². The molecular weight excluding hydrogens is 259 g/mol. The molecule has 19 heavy (non-hydrogen) atoms. The lowest BCUT2D eigenvalue weighted by molar-refractivity contribution is 0.628. The highest BCUT2D eigenvalue weighted by Gasteiger charge is 2.11. The lowest BCUT2D eigenvalue weighted by atomic mass is 10.1. The summed E-state index contributed by atoms with van der Waals surface area (Å²) < 4.78 is 13.3. The van der Waals surface area contributed by atoms with Crippen LogP contribution in [0.25, 0.3) is 0 Å². The van der Waals surface area contributed by atoms with Crippen LogP contribution in [-0.2, 0) is 0 Å². The van der Waals surface area contributed by atoms with Gasteiger partial charge in [0, 0.05) is 18.3 Å². The van der Waals surface area contributed by atoms with Gasteiger partial charge in [0.25, 0.3) is 0 Å². The molecule has 0 heterocycles. The molecule has 0 saturated carbocycles. The Morgan fingerprint density at radius 3 is 2.58 bits per heavy atom. The lowest BCUT2D eigenvalue weighted by Crippen LogP contribution is -2.18. The highest BCUT2D eigenvalue weighted by molar-refractivity contribution is 7.80. The SMILES string of the molecule is Cc1ccc(N(C)c2cccc(F)c2)c(C(N)=S)c1. The van der Waals surface area contributed by atoms with Crippen molar-refractivity contribution in [2.45, 2.75) is 6.92 Å². The summed E-state index contributed by atoms with van der Waals surface area (Å²) in [4.78, 5) is 2.21. The quantitative estimate of drug-likeness (QED) is 0.868. The largest absolute Gasteiger partial charge is 0.389 e. The van der Waals surface area contributed by atoms with Crippen molar-refractivity contribution in [1.29, 1.82) is 0 Å². The topological polar surface area (TPSA) is 29.3 Å². The minimum atomic E-state index is -0.270. The van der Waals surface area contributed by atoms with Gasteiger partial charge in [-0.3, -0.25) is 0 Å². The van der Waals surface area contributed by atoms with Gasteiger partial charge >= 0.3 is 0 Å². The molecule has 0 atom stereocenters. The van der Waals surface area contributed by atoms with Gasteiger partial charge in [0.2, 0.25) is 0 Å². The molecule has 0 aliphatic heterocycles. The van der Waals surface area contributed by atoms with Gasteiger partial charge in [-0.1, -0.05) is 29.9 Å². The number of thiocarbonyl (C=S) groups is 1. The zero-order valence-electron chi connectivity index (χ0n) is 10.9. The number of benzene rings is 2. The average molecular weight is 274 g/mol. The number of hydrogen-bond donors (Lipinski definition) is 1. The van der Waals surface area contributed by atoms with Gasteiger partial charge in [0.05, 0.1) is 5.69 Å². The van der Waals surface area contributed by atoms with E-state index in [1.165, 1.54) is 12.1 Å². The predicted octanol–water partition coefficient (Wildman–Crippen LogP) is 3.54. The molecule has 0 fully saturated rings. The highest BCUT2D eigenvalue weighted by Crippen LogP contribution is 2.28. The Hall–Kier alpha value is -1.94. The first-order valence-electron chi connectivity index (χ1n) is 5.89. The van der Waals surface area contributed by atoms with Crippen molar-refractivity contribution in [2.75, 3.05) is 11.9 Å². The van der Waals surface area contributed by atoms with Crippen LogP contribution in [-0.4, -0.2) is 12.0 Å². The molecule has 0 aliphatic carbocycles. The Bertz CT molecular complexity index is 625. The molecule has 98 valence electrons. The van der Waals surface area contributed by atoms with E-state index in [2.05, 4.69) is 0 Å². The molecule has 0 aliphatic rings. The van der Waals surface area contributed by atoms with E-state index in [0.29, 0.717) is 4.99 Å². The van der Waals surface area contributed by atoms with Crippen LogP contribution < -0.4 is 10.6 Å². The minimum Gasteiger partial charge on any atom is -0.389 e. The minimum absolute atomic E-state index is 0.270. The molecule has 0 bridgehead atoms. The fourth-order valence-electron chi connectivity index (χ4n) is 1.96. The van der Waals surface area contributed by atoms with Crippen molar-refractivity contribution in [3.8, 4) is 0 Å². The fourth-order valence-corrected chi connectivity index (χ4v) is 2.13. The molecule has 2 N–H and O–H groups in total. The van der Waals surface area contributed by atoms with Gasteiger partial charge in [-0.25, -0.2) is 4.39 Å². The van der Waals surface area contributed by atoms with Crippen molar-refractivity contribution in [2.24, 2.45) is 5.73 Å². The molecule has 0 unspecified atom stereocenters. The molecule has 2 nitrogen and oxygen atoms in total. The Morgan fingerprint density at radius 2 is 1.95 bits per heavy atom. The third-order valence-corrected chi connectivity index (χ3v) is 3.19. The molecular formula is C15H15FN2S. The van der Waals surface area contributed by atoms with Gasteiger partial charge in [0.15, 0.2) is 0 Å². The van der Waals surface area contributed by atoms with E-state index in [1.54, 1.807) is 6.07 Å². The van der Waals surface area contributed by atoms with Gasteiger partial charge in [-0.2, -0.15) is 0 Å². The van der Waals surface area contributed by atoms with E-state index >= 15 is 0 Å². The molecule has 0 radical (unpaired) electrons. The molecule has 0 spiro atoms. The van der Waals surface area contributed by atoms with Crippen LogP contribution in [0, 0.1) is 12.7 Å². The Morgan fingerprint density at radius 1 is 1.21 bits per heavy atom. The molecule has 2 rings (SSSR count). The Labute approximate surface area is 117 Å². The summed E-state index contributed by atoms with van der Waals surface area (Å²) in [6.07, 6.45) is 0. The summed E-state index contributed by atoms with van der Waals surface area (Å²) in [5.74, 6) is -0.270. The normalized spacial score (nSPS) is 10.3. The van der Waals surface area contributed by atoms with Crippen LogP contribution in [0.1, 0.15) is 11.1 Å². The first kappa shape index (κ1) is 13.5. The van der Waals surface area contributed by atoms with E-state index < -0.39 is 0 Å². The highest BCUT2D eigenvalue weighted by atomic mass is 32.1. The van der Waals surface area contributed by atoms with Crippen LogP contribution in [0.4, 0.5) is 15.8 Å². The molecule has 4 heteroatoms. The maximum absolute atomic E-state index is 13.3. The number of aryl methyl sites for hydroxylation is 1. The lowest BCUT2D eigenvalue weighted by Gasteiger charge is -2.22. The number of hydrogen-bond acceptors (Lipinski definition) is 2. The molecule has 2 aromatic carbocycles. The third-order valence-electron chi connectivity index (χ3n) is 2.97. The third kappa shape index (κ3) is 2.90. The number of nitrogens with two attached hydrogens (primary N) is 1. The standard InChI is InChI=1S/C15H15FN2S/c1-10-6-7-14(13(8-10)15(17)19)18(2)12-5-3-4-11(16)9-12/h3-9H,1-2H3,(H2,17,19). The second kappa shape index (κ2) is 5.36. The van der Waals surface area contributed by atoms with Gasteiger partial charge in [-0.15, -0.1) is 0 Å². The summed E-state index contributed by atoms with van der Waals surface area (Å²) in [5.41, 5.74) is 9.25. The van der Waals surface area contributed by atoms with E-state index in [4.69, 9.17) is 18.0 Å². The summed E-state index contributed by atoms with van der Waals surface area (Å²) in [5, 5.41) is 0. The van der Waals surface area contributed by atoms with Crippen molar-refractivity contribution in [3.63, 3.8) is 0 Å². The Kier molecular flexibility index (Phi) is 3.81. The summed E-state index contributed by atoms with van der Waals surface area (Å²) in [6, 6.07) is 12.3. The summed E-state index contributed by atoms with van der Waals surface area (Å²) in [6.45, 7) is 1.98. The maximum atomic E-state index is 13.3. The van der Waals surface area contributed by atoms with Gasteiger partial charge in [0.1, 0.15) is 10.8 Å². The second-order valence-corrected chi connectivity index (χ2v) is 4.86. The van der Waals surface area contributed by atoms with Crippen LogP contribution >= 0.6 is 12.2 Å². The van der Waals surface area contributed by atoms with Gasteiger partial charge < -0.3 is 10.6 Å². The van der Waals surface area contributed by atoms with Crippen molar-refractivity contribution < 1.29 is 4.39 Å². The molecule has 0 aromatic heterocycles. The molecule has 2 aromatic rings. The van der Waals surface area contributed by atoms with Crippen LogP contribution in [0.15, 0.2) is 42.5 Å². The van der Waals surface area contributed by atoms with Crippen molar-refractivity contribution in [3.05, 3.63) is 59.4 Å². The predicted molar refractivity (Wildman–Crippen MR) is 81.5 cm³/mol. The number of anilines is 2. The average Bonchev–Trinajstić information content (AvgIpc) is 2.37. The van der Waals surface area contributed by atoms with Crippen molar-refractivity contribution in [1.82, 2.24) is 0 Å². The second-order valence-electron chi connectivity index (χ2n) is 4.42. The van der Waals surface area contributed by atoms with E-state index in [1.807, 2.05) is 43.1 Å². The van der Waals surface area contributed by atoms with Crippen molar-refractivity contribution >= 4 is 28.6 Å². The van der Waals surface area contributed by atoms with Crippen LogP contribution in [0.2, 0.25) is 0 Å². The molecule has 0 saturated heterocycles. The number of halogens is 1. The smallest absolute Gasteiger partial charge is 0.125 e. The van der Waals surface area contributed by atoms with Crippen LogP contribution in [0.3, 0.4) is 0 Å². The fraction of sp³-hybridized carbons (Fsp3) is 0.133. The zero-order chi connectivity index (χ0) is 14.0. The monoisotopic (exact) mass is 274 g/mol. The van der Waals surface area contributed by atoms with E-state index in [0.717, 1.165) is 22.5 Å². The maximum Gasteiger partial charge on any atom is 0.125 e. The van der Waals surface area contributed by atoms with Gasteiger partial charge in [-0.05, 0) is 37.3 Å². The summed E-state index contributed by atoms with van der Waals surface area (Å²) >= 11 is 5.08. The molecule has 0 amide bonds. The number of rotatable bonds is 3. The Balaban J connectivity index is 2.49. The summed E-state index contributed by atoms with van der Waals surface area (Å²) in [7, 11) is 1.86. The van der Waals surface area contributed by atoms with E-state index in [-0.39, 0.29) is 5.82 Å². The number of nitrogens with zero attached hydrogens (tertiary/aromatic N) is 1. The zero-order valence-corrected chi connectivity index (χ0v) is 11.7. The van der Waals surface area contributed by atoms with Crippen LogP contribution in [0.5, 0.6) is 0 Å². The first-order valence-corrected chi connectivity index (χ1v) is 6.29.